The van der Waals surface area contributed by atoms with Crippen LogP contribution in [0.2, 0.25) is 0 Å². The van der Waals surface area contributed by atoms with E-state index in [-0.39, 0.29) is 36.5 Å². The molecule has 3 aromatic rings. The number of hydrogen-bond acceptors (Lipinski definition) is 6. The maximum atomic E-state index is 14.4. The molecule has 7 rings (SSSR count). The fourth-order valence-electron chi connectivity index (χ4n) is 9.21. The number of nitrogens with one attached hydrogen (secondary N) is 1. The van der Waals surface area contributed by atoms with Gasteiger partial charge >= 0.3 is 12.4 Å². The molecule has 0 heterocycles. The van der Waals surface area contributed by atoms with Crippen LogP contribution in [0.5, 0.6) is 11.5 Å². The van der Waals surface area contributed by atoms with Gasteiger partial charge in [0, 0.05) is 29.1 Å². The van der Waals surface area contributed by atoms with Crippen LogP contribution in [0.3, 0.4) is 0 Å². The largest absolute Gasteiger partial charge is 0.573 e. The van der Waals surface area contributed by atoms with Crippen LogP contribution in [0.4, 0.5) is 23.7 Å². The number of halogens is 3. The molecule has 0 aromatic heterocycles. The van der Waals surface area contributed by atoms with Crippen molar-refractivity contribution >= 4 is 17.5 Å². The Morgan fingerprint density at radius 1 is 0.929 bits per heavy atom. The molecule has 2 saturated carbocycles. The number of ketones is 1. The lowest BCUT2D eigenvalue weighted by molar-refractivity contribution is -0.274. The van der Waals surface area contributed by atoms with Crippen molar-refractivity contribution < 1.29 is 42.4 Å². The van der Waals surface area contributed by atoms with E-state index < -0.39 is 29.5 Å². The molecular formula is C45H55F3N2O6. The highest BCUT2D eigenvalue weighted by molar-refractivity contribution is 5.99. The van der Waals surface area contributed by atoms with Gasteiger partial charge in [-0.15, -0.1) is 13.2 Å². The SMILES string of the molecule is COc1ccc(NC(=O)N(Cc2ccc(OC(F)(F)F)cc2)CC2(O)CCC3c4ccc(cc4C(=O)C4CCCCC4)CC(O)CCC(C)=CCCC32C)cc1. The second-order valence-corrected chi connectivity index (χ2v) is 16.4. The van der Waals surface area contributed by atoms with E-state index in [2.05, 4.69) is 30.0 Å². The van der Waals surface area contributed by atoms with Crippen molar-refractivity contribution in [2.24, 2.45) is 11.3 Å². The zero-order valence-corrected chi connectivity index (χ0v) is 32.7. The lowest BCUT2D eigenvalue weighted by Gasteiger charge is -2.46. The smallest absolute Gasteiger partial charge is 0.497 e. The van der Waals surface area contributed by atoms with Crippen LogP contribution in [0.25, 0.3) is 0 Å². The van der Waals surface area contributed by atoms with E-state index in [0.29, 0.717) is 61.1 Å². The molecule has 8 nitrogen and oxygen atoms in total. The molecule has 11 heteroatoms. The number of rotatable bonds is 9. The van der Waals surface area contributed by atoms with Gasteiger partial charge in [0.05, 0.1) is 25.4 Å². The molecule has 3 N–H and O–H groups in total. The first-order chi connectivity index (χ1) is 26.7. The number of amides is 2. The Bertz CT molecular complexity index is 1860. The van der Waals surface area contributed by atoms with Gasteiger partial charge in [-0.05, 0) is 130 Å². The van der Waals surface area contributed by atoms with Crippen molar-refractivity contribution in [2.45, 2.75) is 121 Å². The predicted octanol–water partition coefficient (Wildman–Crippen LogP) is 10.1. The molecule has 4 aliphatic rings. The summed E-state index contributed by atoms with van der Waals surface area (Å²) in [5, 5.41) is 27.0. The average molecular weight is 777 g/mol. The van der Waals surface area contributed by atoms with Crippen molar-refractivity contribution in [1.82, 2.24) is 4.90 Å². The summed E-state index contributed by atoms with van der Waals surface area (Å²) in [5.41, 5.74) is 2.52. The number of hydrogen-bond donors (Lipinski definition) is 3. The molecule has 2 amide bonds. The number of benzene rings is 3. The van der Waals surface area contributed by atoms with Crippen molar-refractivity contribution in [1.29, 1.82) is 0 Å². The van der Waals surface area contributed by atoms with Gasteiger partial charge in [-0.1, -0.05) is 62.1 Å². The number of carbonyl (C=O) groups excluding carboxylic acids is 2. The first-order valence-electron chi connectivity index (χ1n) is 19.9. The van der Waals surface area contributed by atoms with Crippen LogP contribution in [-0.4, -0.2) is 58.6 Å². The molecule has 0 radical (unpaired) electrons. The molecule has 302 valence electrons. The summed E-state index contributed by atoms with van der Waals surface area (Å²) in [4.78, 5) is 30.2. The third kappa shape index (κ3) is 9.77. The quantitative estimate of drug-likeness (QED) is 0.148. The molecule has 4 atom stereocenters. The third-order valence-corrected chi connectivity index (χ3v) is 12.5. The molecule has 2 fully saturated rings. The second-order valence-electron chi connectivity index (χ2n) is 16.4. The van der Waals surface area contributed by atoms with E-state index >= 15 is 0 Å². The predicted molar refractivity (Wildman–Crippen MR) is 210 cm³/mol. The second kappa shape index (κ2) is 17.4. The van der Waals surface area contributed by atoms with Crippen LogP contribution in [0.15, 0.2) is 78.4 Å². The standard InChI is InChI=1S/C45H55F3N2O6/c1-30-8-7-24-43(2)40(38-22-14-32(26-35(51)17-11-30)27-39(38)41(52)33-9-5-4-6-10-33)23-25-44(43,54)29-50(42(53)49-34-15-20-36(55-3)21-16-34)28-31-12-18-37(19-13-31)56-45(46,47)48/h8,12-16,18-22,27,33,35,40,51,54H,4-7,9-11,17,23-26,28-29H2,1-3H3,(H,49,53). The van der Waals surface area contributed by atoms with E-state index in [1.807, 2.05) is 18.2 Å². The summed E-state index contributed by atoms with van der Waals surface area (Å²) < 4.78 is 48.1. The van der Waals surface area contributed by atoms with E-state index in [1.165, 1.54) is 29.2 Å². The van der Waals surface area contributed by atoms with Gasteiger partial charge in [-0.2, -0.15) is 0 Å². The lowest BCUT2D eigenvalue weighted by atomic mass is 9.64. The van der Waals surface area contributed by atoms with Gasteiger partial charge in [0.1, 0.15) is 11.5 Å². The van der Waals surface area contributed by atoms with Crippen molar-refractivity contribution in [3.63, 3.8) is 0 Å². The summed E-state index contributed by atoms with van der Waals surface area (Å²) in [5.74, 6) is 0.0983. The highest BCUT2D eigenvalue weighted by Crippen LogP contribution is 2.59. The van der Waals surface area contributed by atoms with Gasteiger partial charge in [0.2, 0.25) is 0 Å². The number of fused-ring (bicyclic) bond motifs is 8. The molecule has 0 spiro atoms. The van der Waals surface area contributed by atoms with Crippen LogP contribution in [0, 0.1) is 11.3 Å². The number of ether oxygens (including phenoxy) is 2. The summed E-state index contributed by atoms with van der Waals surface area (Å²) in [6.45, 7) is 4.07. The molecular weight excluding hydrogens is 721 g/mol. The van der Waals surface area contributed by atoms with Crippen LogP contribution < -0.4 is 14.8 Å². The summed E-state index contributed by atoms with van der Waals surface area (Å²) in [6.07, 6.45) is 5.60. The van der Waals surface area contributed by atoms with Crippen LogP contribution in [-0.2, 0) is 13.0 Å². The number of aliphatic hydroxyl groups is 2. The maximum Gasteiger partial charge on any atom is 0.573 e. The fraction of sp³-hybridized carbons (Fsp3) is 0.511. The number of urea groups is 1. The molecule has 56 heavy (non-hydrogen) atoms. The van der Waals surface area contributed by atoms with Crippen LogP contribution >= 0.6 is 0 Å². The Balaban J connectivity index is 1.38. The number of aliphatic hydroxyl groups excluding tert-OH is 1. The Hall–Kier alpha value is -4.35. The number of Topliss-reactive ketones (excluding diaryl/α,β-unsaturated/α-hetero) is 1. The zero-order valence-electron chi connectivity index (χ0n) is 32.7. The summed E-state index contributed by atoms with van der Waals surface area (Å²) in [7, 11) is 1.55. The number of carbonyl (C=O) groups is 2. The number of nitrogens with zero attached hydrogens (tertiary/aromatic N) is 1. The molecule has 4 unspecified atom stereocenters. The minimum absolute atomic E-state index is 0.00120. The Kier molecular flexibility index (Phi) is 12.8. The minimum Gasteiger partial charge on any atom is -0.497 e. The van der Waals surface area contributed by atoms with E-state index in [1.54, 1.807) is 31.4 Å². The number of anilines is 1. The number of allylic oxidation sites excluding steroid dienone is 2. The highest BCUT2D eigenvalue weighted by Gasteiger charge is 2.57. The number of alkyl halides is 3. The normalized spacial score (nSPS) is 24.8. The van der Waals surface area contributed by atoms with Gasteiger partial charge in [0.15, 0.2) is 5.78 Å². The molecule has 4 aliphatic carbocycles. The molecule has 3 aromatic carbocycles. The molecule has 2 bridgehead atoms. The molecule has 0 saturated heterocycles. The topological polar surface area (TPSA) is 108 Å². The van der Waals surface area contributed by atoms with E-state index in [4.69, 9.17) is 4.74 Å². The van der Waals surface area contributed by atoms with E-state index in [9.17, 15) is 33.0 Å². The van der Waals surface area contributed by atoms with Gasteiger partial charge in [0.25, 0.3) is 0 Å². The zero-order chi connectivity index (χ0) is 40.1. The number of methoxy groups -OCH3 is 1. The van der Waals surface area contributed by atoms with Gasteiger partial charge < -0.3 is 29.9 Å². The monoisotopic (exact) mass is 776 g/mol. The highest BCUT2D eigenvalue weighted by atomic mass is 19.4. The molecule has 0 aliphatic heterocycles. The first-order valence-corrected chi connectivity index (χ1v) is 19.9. The van der Waals surface area contributed by atoms with Crippen LogP contribution in [0.1, 0.15) is 117 Å². The maximum absolute atomic E-state index is 14.4. The Morgan fingerprint density at radius 3 is 2.30 bits per heavy atom. The van der Waals surface area contributed by atoms with Crippen molar-refractivity contribution in [3.05, 3.63) is 101 Å². The first kappa shape index (κ1) is 41.3. The third-order valence-electron chi connectivity index (χ3n) is 12.5. The van der Waals surface area contributed by atoms with Crippen molar-refractivity contribution in [3.8, 4) is 11.5 Å². The summed E-state index contributed by atoms with van der Waals surface area (Å²) >= 11 is 0. The average Bonchev–Trinajstić information content (AvgIpc) is 3.42. The van der Waals surface area contributed by atoms with E-state index in [0.717, 1.165) is 55.2 Å². The fourth-order valence-corrected chi connectivity index (χ4v) is 9.21. The minimum atomic E-state index is -4.84. The lowest BCUT2D eigenvalue weighted by Crippen LogP contribution is -2.54. The van der Waals surface area contributed by atoms with Gasteiger partial charge in [-0.25, -0.2) is 4.79 Å². The Morgan fingerprint density at radius 2 is 1.62 bits per heavy atom. The van der Waals surface area contributed by atoms with Gasteiger partial charge in [-0.3, -0.25) is 4.79 Å². The van der Waals surface area contributed by atoms with Crippen molar-refractivity contribution in [2.75, 3.05) is 19.0 Å². The summed E-state index contributed by atoms with van der Waals surface area (Å²) in [6, 6.07) is 17.8. The Labute approximate surface area is 328 Å².